The first kappa shape index (κ1) is 20.3. The molecule has 2 fully saturated rings. The molecule has 3 heterocycles. The number of aromatic nitrogens is 1. The Morgan fingerprint density at radius 2 is 2.07 bits per heavy atom. The standard InChI is InChI=1S/C21H27N3O4S/c1-15-12-17-4-2-6-19(20(17)22-13-15)29(26,27)24-9-7-16(8-10-24)21(25)23-14-18-5-3-11-28-18/h2,4,6,12-13,16,18H,3,5,7-11,14H2,1H3,(H,23,25). The first-order chi connectivity index (χ1) is 13.9. The number of carbonyl (C=O) groups excluding carboxylic acids is 1. The molecule has 8 heteroatoms. The molecule has 0 aliphatic carbocycles. The van der Waals surface area contributed by atoms with Crippen molar-refractivity contribution in [2.75, 3.05) is 26.2 Å². The minimum atomic E-state index is -3.66. The van der Waals surface area contributed by atoms with Gasteiger partial charge in [-0.05, 0) is 50.3 Å². The second kappa shape index (κ2) is 8.38. The zero-order valence-corrected chi connectivity index (χ0v) is 17.5. The maximum absolute atomic E-state index is 13.2. The van der Waals surface area contributed by atoms with Gasteiger partial charge in [0.25, 0.3) is 0 Å². The highest BCUT2D eigenvalue weighted by Crippen LogP contribution is 2.28. The van der Waals surface area contributed by atoms with Crippen LogP contribution in [0.5, 0.6) is 0 Å². The lowest BCUT2D eigenvalue weighted by molar-refractivity contribution is -0.126. The van der Waals surface area contributed by atoms with Gasteiger partial charge < -0.3 is 10.1 Å². The van der Waals surface area contributed by atoms with Gasteiger partial charge in [-0.1, -0.05) is 12.1 Å². The SMILES string of the molecule is Cc1cnc2c(S(=O)(=O)N3CCC(C(=O)NCC4CCCO4)CC3)cccc2c1. The van der Waals surface area contributed by atoms with Gasteiger partial charge in [-0.2, -0.15) is 4.31 Å². The van der Waals surface area contributed by atoms with Gasteiger partial charge in [0.05, 0.1) is 11.6 Å². The number of aryl methyl sites for hydroxylation is 1. The molecule has 1 unspecified atom stereocenters. The first-order valence-electron chi connectivity index (χ1n) is 10.2. The van der Waals surface area contributed by atoms with Crippen LogP contribution in [0.2, 0.25) is 0 Å². The fourth-order valence-corrected chi connectivity index (χ4v) is 5.75. The zero-order chi connectivity index (χ0) is 20.4. The Bertz CT molecular complexity index is 994. The van der Waals surface area contributed by atoms with E-state index >= 15 is 0 Å². The van der Waals surface area contributed by atoms with Crippen molar-refractivity contribution in [1.82, 2.24) is 14.6 Å². The largest absolute Gasteiger partial charge is 0.376 e. The van der Waals surface area contributed by atoms with Crippen LogP contribution < -0.4 is 5.32 Å². The number of benzene rings is 1. The Morgan fingerprint density at radius 3 is 2.79 bits per heavy atom. The van der Waals surface area contributed by atoms with E-state index in [9.17, 15) is 13.2 Å². The summed E-state index contributed by atoms with van der Waals surface area (Å²) in [4.78, 5) is 17.0. The lowest BCUT2D eigenvalue weighted by Crippen LogP contribution is -2.44. The van der Waals surface area contributed by atoms with Crippen molar-refractivity contribution in [3.05, 3.63) is 36.0 Å². The Balaban J connectivity index is 1.42. The third-order valence-electron chi connectivity index (χ3n) is 5.78. The van der Waals surface area contributed by atoms with Crippen molar-refractivity contribution in [3.8, 4) is 0 Å². The number of ether oxygens (including phenoxy) is 1. The van der Waals surface area contributed by atoms with Crippen LogP contribution in [0.3, 0.4) is 0 Å². The number of carbonyl (C=O) groups is 1. The predicted molar refractivity (Wildman–Crippen MR) is 110 cm³/mol. The molecular weight excluding hydrogens is 390 g/mol. The molecular formula is C21H27N3O4S. The van der Waals surface area contributed by atoms with Gasteiger partial charge in [-0.15, -0.1) is 0 Å². The van der Waals surface area contributed by atoms with E-state index in [2.05, 4.69) is 10.3 Å². The number of amides is 1. The van der Waals surface area contributed by atoms with Crippen molar-refractivity contribution in [2.45, 2.75) is 43.6 Å². The van der Waals surface area contributed by atoms with Crippen molar-refractivity contribution in [1.29, 1.82) is 0 Å². The van der Waals surface area contributed by atoms with Gasteiger partial charge in [0.2, 0.25) is 15.9 Å². The molecule has 0 bridgehead atoms. The maximum atomic E-state index is 13.2. The molecule has 29 heavy (non-hydrogen) atoms. The van der Waals surface area contributed by atoms with Crippen molar-refractivity contribution >= 4 is 26.8 Å². The number of para-hydroxylation sites is 1. The number of nitrogens with zero attached hydrogens (tertiary/aromatic N) is 2. The molecule has 2 saturated heterocycles. The second-order valence-electron chi connectivity index (χ2n) is 7.90. The zero-order valence-electron chi connectivity index (χ0n) is 16.6. The van der Waals surface area contributed by atoms with E-state index < -0.39 is 10.0 Å². The van der Waals surface area contributed by atoms with Crippen molar-refractivity contribution < 1.29 is 17.9 Å². The summed E-state index contributed by atoms with van der Waals surface area (Å²) in [5, 5.41) is 3.78. The highest BCUT2D eigenvalue weighted by atomic mass is 32.2. The number of pyridine rings is 1. The quantitative estimate of drug-likeness (QED) is 0.806. The number of hydrogen-bond donors (Lipinski definition) is 1. The number of sulfonamides is 1. The van der Waals surface area contributed by atoms with E-state index in [1.165, 1.54) is 4.31 Å². The van der Waals surface area contributed by atoms with Gasteiger partial charge in [0.15, 0.2) is 0 Å². The molecule has 0 saturated carbocycles. The molecule has 7 nitrogen and oxygen atoms in total. The molecule has 2 aliphatic heterocycles. The topological polar surface area (TPSA) is 88.6 Å². The summed E-state index contributed by atoms with van der Waals surface area (Å²) in [6.07, 6.45) is 4.87. The van der Waals surface area contributed by atoms with Crippen molar-refractivity contribution in [3.63, 3.8) is 0 Å². The molecule has 0 radical (unpaired) electrons. The number of rotatable bonds is 5. The van der Waals surface area contributed by atoms with Gasteiger partial charge in [-0.25, -0.2) is 8.42 Å². The molecule has 1 aromatic carbocycles. The Labute approximate surface area is 171 Å². The van der Waals surface area contributed by atoms with Crippen LogP contribution in [-0.2, 0) is 19.6 Å². The Kier molecular flexibility index (Phi) is 5.85. The predicted octanol–water partition coefficient (Wildman–Crippen LogP) is 2.24. The smallest absolute Gasteiger partial charge is 0.245 e. The van der Waals surface area contributed by atoms with Gasteiger partial charge >= 0.3 is 0 Å². The van der Waals surface area contributed by atoms with Crippen LogP contribution >= 0.6 is 0 Å². The Morgan fingerprint density at radius 1 is 1.28 bits per heavy atom. The molecule has 0 spiro atoms. The van der Waals surface area contributed by atoms with Crippen LogP contribution in [-0.4, -0.2) is 56.0 Å². The van der Waals surface area contributed by atoms with E-state index in [4.69, 9.17) is 4.74 Å². The summed E-state index contributed by atoms with van der Waals surface area (Å²) in [6, 6.07) is 7.17. The third-order valence-corrected chi connectivity index (χ3v) is 7.71. The van der Waals surface area contributed by atoms with Crippen LogP contribution in [0.25, 0.3) is 10.9 Å². The molecule has 1 atom stereocenters. The summed E-state index contributed by atoms with van der Waals surface area (Å²) in [5.41, 5.74) is 1.48. The number of nitrogens with one attached hydrogen (secondary N) is 1. The fraction of sp³-hybridized carbons (Fsp3) is 0.524. The Hall–Kier alpha value is -2.03. The molecule has 156 valence electrons. The van der Waals surface area contributed by atoms with Gasteiger partial charge in [0, 0.05) is 43.7 Å². The summed E-state index contributed by atoms with van der Waals surface area (Å²) >= 11 is 0. The molecule has 1 amide bonds. The average Bonchev–Trinajstić information content (AvgIpc) is 3.25. The summed E-state index contributed by atoms with van der Waals surface area (Å²) < 4.78 is 33.5. The van der Waals surface area contributed by atoms with E-state index in [0.29, 0.717) is 38.0 Å². The van der Waals surface area contributed by atoms with Crippen LogP contribution in [0.15, 0.2) is 35.4 Å². The lowest BCUT2D eigenvalue weighted by atomic mass is 9.97. The van der Waals surface area contributed by atoms with Crippen LogP contribution in [0.1, 0.15) is 31.2 Å². The third kappa shape index (κ3) is 4.29. The van der Waals surface area contributed by atoms with E-state index in [1.807, 2.05) is 19.1 Å². The lowest BCUT2D eigenvalue weighted by Gasteiger charge is -2.31. The van der Waals surface area contributed by atoms with Crippen LogP contribution in [0, 0.1) is 12.8 Å². The average molecular weight is 418 g/mol. The van der Waals surface area contributed by atoms with E-state index in [-0.39, 0.29) is 22.8 Å². The van der Waals surface area contributed by atoms with Gasteiger partial charge in [0.1, 0.15) is 4.90 Å². The summed E-state index contributed by atoms with van der Waals surface area (Å²) in [6.45, 7) is 3.91. The highest BCUT2D eigenvalue weighted by molar-refractivity contribution is 7.89. The minimum absolute atomic E-state index is 0.000138. The fourth-order valence-electron chi connectivity index (χ4n) is 4.11. The normalized spacial score (nSPS) is 21.5. The van der Waals surface area contributed by atoms with E-state index in [1.54, 1.807) is 18.3 Å². The molecule has 2 aliphatic rings. The molecule has 1 aromatic heterocycles. The molecule has 4 rings (SSSR count). The highest BCUT2D eigenvalue weighted by Gasteiger charge is 2.33. The molecule has 1 N–H and O–H groups in total. The maximum Gasteiger partial charge on any atom is 0.245 e. The first-order valence-corrected chi connectivity index (χ1v) is 11.6. The minimum Gasteiger partial charge on any atom is -0.376 e. The summed E-state index contributed by atoms with van der Waals surface area (Å²) in [5.74, 6) is -0.156. The van der Waals surface area contributed by atoms with E-state index in [0.717, 1.165) is 30.4 Å². The van der Waals surface area contributed by atoms with Crippen LogP contribution in [0.4, 0.5) is 0 Å². The number of hydrogen-bond acceptors (Lipinski definition) is 5. The number of piperidine rings is 1. The second-order valence-corrected chi connectivity index (χ2v) is 9.81. The summed E-state index contributed by atoms with van der Waals surface area (Å²) in [7, 11) is -3.66. The monoisotopic (exact) mass is 417 g/mol. The van der Waals surface area contributed by atoms with Crippen molar-refractivity contribution in [2.24, 2.45) is 5.92 Å². The number of fused-ring (bicyclic) bond motifs is 1. The molecule has 2 aromatic rings. The van der Waals surface area contributed by atoms with Gasteiger partial charge in [-0.3, -0.25) is 9.78 Å².